The number of amides is 1. The summed E-state index contributed by atoms with van der Waals surface area (Å²) in [7, 11) is 1.67. The number of hydrogen-bond donors (Lipinski definition) is 2. The first-order chi connectivity index (χ1) is 9.63. The second-order valence-electron chi connectivity index (χ2n) is 5.12. The highest BCUT2D eigenvalue weighted by Gasteiger charge is 2.04. The van der Waals surface area contributed by atoms with Crippen molar-refractivity contribution in [3.63, 3.8) is 0 Å². The van der Waals surface area contributed by atoms with Crippen molar-refractivity contribution in [1.82, 2.24) is 10.6 Å². The fourth-order valence-electron chi connectivity index (χ4n) is 1.97. The van der Waals surface area contributed by atoms with Crippen molar-refractivity contribution in [3.8, 4) is 5.75 Å². The van der Waals surface area contributed by atoms with Crippen LogP contribution in [0.25, 0.3) is 0 Å². The van der Waals surface area contributed by atoms with E-state index in [0.717, 1.165) is 30.7 Å². The van der Waals surface area contributed by atoms with Crippen LogP contribution in [0, 0.1) is 0 Å². The Kier molecular flexibility index (Phi) is 7.73. The van der Waals surface area contributed by atoms with Crippen LogP contribution in [0.2, 0.25) is 0 Å². The normalized spacial score (nSPS) is 10.6. The van der Waals surface area contributed by atoms with E-state index in [1.807, 2.05) is 24.3 Å². The van der Waals surface area contributed by atoms with Crippen LogP contribution in [-0.2, 0) is 11.2 Å². The summed E-state index contributed by atoms with van der Waals surface area (Å²) >= 11 is 0. The second-order valence-corrected chi connectivity index (χ2v) is 5.12. The van der Waals surface area contributed by atoms with Crippen molar-refractivity contribution >= 4 is 5.91 Å². The molecule has 1 rings (SSSR count). The van der Waals surface area contributed by atoms with Crippen LogP contribution in [0.15, 0.2) is 24.3 Å². The number of ether oxygens (including phenoxy) is 1. The van der Waals surface area contributed by atoms with Crippen LogP contribution in [-0.4, -0.2) is 32.1 Å². The van der Waals surface area contributed by atoms with E-state index < -0.39 is 0 Å². The van der Waals surface area contributed by atoms with Gasteiger partial charge in [-0.05, 0) is 31.0 Å². The van der Waals surface area contributed by atoms with Crippen LogP contribution >= 0.6 is 0 Å². The maximum Gasteiger partial charge on any atom is 0.220 e. The smallest absolute Gasteiger partial charge is 0.220 e. The summed E-state index contributed by atoms with van der Waals surface area (Å²) in [6, 6.07) is 8.37. The predicted molar refractivity (Wildman–Crippen MR) is 82.1 cm³/mol. The monoisotopic (exact) mass is 278 g/mol. The van der Waals surface area contributed by atoms with Crippen LogP contribution in [0.5, 0.6) is 5.75 Å². The number of carbonyl (C=O) groups is 1. The van der Waals surface area contributed by atoms with Gasteiger partial charge in [-0.25, -0.2) is 0 Å². The summed E-state index contributed by atoms with van der Waals surface area (Å²) in [6.07, 6.45) is 2.24. The number of methoxy groups -OCH3 is 1. The maximum atomic E-state index is 11.7. The van der Waals surface area contributed by atoms with Gasteiger partial charge in [-0.3, -0.25) is 4.79 Å². The number of rotatable bonds is 9. The molecule has 0 saturated carbocycles. The molecule has 1 amide bonds. The first-order valence-electron chi connectivity index (χ1n) is 7.25. The molecule has 2 N–H and O–H groups in total. The third kappa shape index (κ3) is 6.57. The second kappa shape index (κ2) is 9.37. The molecule has 0 bridgehead atoms. The van der Waals surface area contributed by atoms with Gasteiger partial charge in [0.1, 0.15) is 5.75 Å². The highest BCUT2D eigenvalue weighted by Crippen LogP contribution is 2.17. The average Bonchev–Trinajstić information content (AvgIpc) is 2.44. The van der Waals surface area contributed by atoms with E-state index in [4.69, 9.17) is 4.74 Å². The summed E-state index contributed by atoms with van der Waals surface area (Å²) in [4.78, 5) is 11.7. The first-order valence-corrected chi connectivity index (χ1v) is 7.25. The lowest BCUT2D eigenvalue weighted by molar-refractivity contribution is -0.121. The summed E-state index contributed by atoms with van der Waals surface area (Å²) in [5.74, 6) is 0.994. The molecule has 0 aliphatic rings. The van der Waals surface area contributed by atoms with Crippen LogP contribution < -0.4 is 15.4 Å². The molecule has 0 atom stereocenters. The van der Waals surface area contributed by atoms with Gasteiger partial charge in [0, 0.05) is 19.0 Å². The van der Waals surface area contributed by atoms with E-state index in [1.54, 1.807) is 7.11 Å². The molecule has 0 saturated heterocycles. The van der Waals surface area contributed by atoms with Crippen LogP contribution in [0.3, 0.4) is 0 Å². The Bertz CT molecular complexity index is 405. The molecule has 0 unspecified atom stereocenters. The Morgan fingerprint density at radius 2 is 2.00 bits per heavy atom. The van der Waals surface area contributed by atoms with Crippen molar-refractivity contribution in [1.29, 1.82) is 0 Å². The highest BCUT2D eigenvalue weighted by atomic mass is 16.5. The first kappa shape index (κ1) is 16.5. The van der Waals surface area contributed by atoms with Gasteiger partial charge in [-0.1, -0.05) is 32.0 Å². The quantitative estimate of drug-likeness (QED) is 0.680. The zero-order chi connectivity index (χ0) is 14.8. The minimum atomic E-state index is 0.116. The zero-order valence-electron chi connectivity index (χ0n) is 12.7. The van der Waals surface area contributed by atoms with Crippen molar-refractivity contribution in [2.24, 2.45) is 0 Å². The lowest BCUT2D eigenvalue weighted by Crippen LogP contribution is -2.28. The van der Waals surface area contributed by atoms with E-state index in [-0.39, 0.29) is 5.91 Å². The SMILES string of the molecule is COc1ccccc1CCNC(=O)CCCNC(C)C. The summed E-state index contributed by atoms with van der Waals surface area (Å²) in [5, 5.41) is 6.25. The van der Waals surface area contributed by atoms with Gasteiger partial charge in [0.25, 0.3) is 0 Å². The van der Waals surface area contributed by atoms with Gasteiger partial charge in [0.2, 0.25) is 5.91 Å². The fraction of sp³-hybridized carbons (Fsp3) is 0.562. The standard InChI is InChI=1S/C16H26N2O2/c1-13(2)17-11-6-9-16(19)18-12-10-14-7-4-5-8-15(14)20-3/h4-5,7-8,13,17H,6,9-12H2,1-3H3,(H,18,19). The summed E-state index contributed by atoms with van der Waals surface area (Å²) < 4.78 is 5.28. The van der Waals surface area contributed by atoms with E-state index in [9.17, 15) is 4.79 Å². The molecule has 112 valence electrons. The average molecular weight is 278 g/mol. The minimum absolute atomic E-state index is 0.116. The van der Waals surface area contributed by atoms with Gasteiger partial charge < -0.3 is 15.4 Å². The van der Waals surface area contributed by atoms with E-state index >= 15 is 0 Å². The number of carbonyl (C=O) groups excluding carboxylic acids is 1. The van der Waals surface area contributed by atoms with E-state index in [1.165, 1.54) is 0 Å². The Balaban J connectivity index is 2.18. The Hall–Kier alpha value is -1.55. The van der Waals surface area contributed by atoms with Crippen molar-refractivity contribution in [2.45, 2.75) is 39.2 Å². The van der Waals surface area contributed by atoms with Crippen molar-refractivity contribution < 1.29 is 9.53 Å². The number of nitrogens with one attached hydrogen (secondary N) is 2. The third-order valence-electron chi connectivity index (χ3n) is 3.04. The fourth-order valence-corrected chi connectivity index (χ4v) is 1.97. The van der Waals surface area contributed by atoms with Gasteiger partial charge in [-0.15, -0.1) is 0 Å². The van der Waals surface area contributed by atoms with Gasteiger partial charge in [0.05, 0.1) is 7.11 Å². The van der Waals surface area contributed by atoms with Crippen molar-refractivity contribution in [2.75, 3.05) is 20.2 Å². The summed E-state index contributed by atoms with van der Waals surface area (Å²) in [5.41, 5.74) is 1.12. The molecule has 0 aromatic heterocycles. The molecule has 0 fully saturated rings. The van der Waals surface area contributed by atoms with Crippen LogP contribution in [0.4, 0.5) is 0 Å². The topological polar surface area (TPSA) is 50.4 Å². The Morgan fingerprint density at radius 1 is 1.25 bits per heavy atom. The molecule has 1 aromatic carbocycles. The largest absolute Gasteiger partial charge is 0.496 e. The lowest BCUT2D eigenvalue weighted by atomic mass is 10.1. The molecule has 0 heterocycles. The van der Waals surface area contributed by atoms with E-state index in [2.05, 4.69) is 24.5 Å². The number of hydrogen-bond acceptors (Lipinski definition) is 3. The predicted octanol–water partition coefficient (Wildman–Crippen LogP) is 2.13. The summed E-state index contributed by atoms with van der Waals surface area (Å²) in [6.45, 7) is 5.75. The maximum absolute atomic E-state index is 11.7. The van der Waals surface area contributed by atoms with Crippen molar-refractivity contribution in [3.05, 3.63) is 29.8 Å². The highest BCUT2D eigenvalue weighted by molar-refractivity contribution is 5.75. The number of benzene rings is 1. The molecule has 0 aliphatic carbocycles. The molecular formula is C16H26N2O2. The van der Waals surface area contributed by atoms with Gasteiger partial charge in [-0.2, -0.15) is 0 Å². The van der Waals surface area contributed by atoms with Gasteiger partial charge >= 0.3 is 0 Å². The number of para-hydroxylation sites is 1. The molecule has 4 nitrogen and oxygen atoms in total. The zero-order valence-corrected chi connectivity index (χ0v) is 12.7. The van der Waals surface area contributed by atoms with Crippen LogP contribution in [0.1, 0.15) is 32.3 Å². The third-order valence-corrected chi connectivity index (χ3v) is 3.04. The molecule has 1 aromatic rings. The molecule has 0 spiro atoms. The van der Waals surface area contributed by atoms with Gasteiger partial charge in [0.15, 0.2) is 0 Å². The minimum Gasteiger partial charge on any atom is -0.496 e. The molecule has 4 heteroatoms. The lowest BCUT2D eigenvalue weighted by Gasteiger charge is -2.10. The Morgan fingerprint density at radius 3 is 2.70 bits per heavy atom. The molecule has 0 aliphatic heterocycles. The molecular weight excluding hydrogens is 252 g/mol. The Labute approximate surface area is 121 Å². The molecule has 20 heavy (non-hydrogen) atoms. The molecule has 0 radical (unpaired) electrons. The van der Waals surface area contributed by atoms with E-state index in [0.29, 0.717) is 19.0 Å².